The largest absolute Gasteiger partial charge is 0.379 e. The Morgan fingerprint density at radius 2 is 1.85 bits per heavy atom. The summed E-state index contributed by atoms with van der Waals surface area (Å²) in [5, 5.41) is 1.56. The van der Waals surface area contributed by atoms with Gasteiger partial charge in [0.15, 0.2) is 5.78 Å². The van der Waals surface area contributed by atoms with Crippen LogP contribution in [0.4, 0.5) is 0 Å². The first-order valence-corrected chi connectivity index (χ1v) is 9.28. The maximum absolute atomic E-state index is 13.0. The molecule has 134 valence electrons. The lowest BCUT2D eigenvalue weighted by Gasteiger charge is -2.26. The van der Waals surface area contributed by atoms with Crippen LogP contribution in [0.25, 0.3) is 10.9 Å². The van der Waals surface area contributed by atoms with Crippen molar-refractivity contribution < 1.29 is 9.53 Å². The molecule has 1 saturated heterocycles. The Balaban J connectivity index is 1.64. The average Bonchev–Trinajstić information content (AvgIpc) is 3.05. The lowest BCUT2D eigenvalue weighted by Crippen LogP contribution is -2.38. The number of ether oxygens (including phenoxy) is 1. The van der Waals surface area contributed by atoms with Crippen LogP contribution in [0.5, 0.6) is 0 Å². The number of hydrogen-bond acceptors (Lipinski definition) is 3. The molecule has 0 amide bonds. The topological polar surface area (TPSA) is 34.5 Å². The van der Waals surface area contributed by atoms with E-state index < -0.39 is 0 Å². The summed E-state index contributed by atoms with van der Waals surface area (Å²) >= 11 is 6.06. The highest BCUT2D eigenvalue weighted by atomic mass is 35.5. The maximum atomic E-state index is 13.0. The quantitative estimate of drug-likeness (QED) is 0.641. The summed E-state index contributed by atoms with van der Waals surface area (Å²) in [7, 11) is 0. The molecule has 4 rings (SSSR count). The van der Waals surface area contributed by atoms with Crippen LogP contribution >= 0.6 is 11.6 Å². The third-order valence-electron chi connectivity index (χ3n) is 4.88. The molecule has 1 aliphatic heterocycles. The van der Waals surface area contributed by atoms with E-state index in [0.29, 0.717) is 10.6 Å². The first-order chi connectivity index (χ1) is 12.7. The number of halogens is 1. The van der Waals surface area contributed by atoms with Crippen molar-refractivity contribution in [3.63, 3.8) is 0 Å². The highest BCUT2D eigenvalue weighted by Gasteiger charge is 2.17. The Labute approximate surface area is 157 Å². The fraction of sp³-hybridized carbons (Fsp3) is 0.286. The van der Waals surface area contributed by atoms with Gasteiger partial charge in [0.25, 0.3) is 0 Å². The van der Waals surface area contributed by atoms with Gasteiger partial charge in [0, 0.05) is 59.4 Å². The number of nitrogens with zero attached hydrogens (tertiary/aromatic N) is 2. The first kappa shape index (κ1) is 17.3. The van der Waals surface area contributed by atoms with Gasteiger partial charge in [0.2, 0.25) is 0 Å². The summed E-state index contributed by atoms with van der Waals surface area (Å²) in [5.74, 6) is 0.00817. The van der Waals surface area contributed by atoms with Gasteiger partial charge in [-0.05, 0) is 18.2 Å². The van der Waals surface area contributed by atoms with Gasteiger partial charge >= 0.3 is 0 Å². The first-order valence-electron chi connectivity index (χ1n) is 8.90. The van der Waals surface area contributed by atoms with Gasteiger partial charge in [-0.1, -0.05) is 41.9 Å². The molecule has 3 aromatic rings. The van der Waals surface area contributed by atoms with Crippen molar-refractivity contribution in [3.8, 4) is 0 Å². The lowest BCUT2D eigenvalue weighted by molar-refractivity contribution is 0.0365. The lowest BCUT2D eigenvalue weighted by atomic mass is 10.0. The van der Waals surface area contributed by atoms with Gasteiger partial charge in [-0.3, -0.25) is 9.69 Å². The SMILES string of the molecule is O=C(c1cccc(Cl)c1)c1cn(CCN2CCOCC2)c2ccccc12. The van der Waals surface area contributed by atoms with Gasteiger partial charge in [0.05, 0.1) is 13.2 Å². The van der Waals surface area contributed by atoms with Crippen molar-refractivity contribution in [2.45, 2.75) is 6.54 Å². The van der Waals surface area contributed by atoms with Gasteiger partial charge in [0.1, 0.15) is 0 Å². The molecule has 0 N–H and O–H groups in total. The number of fused-ring (bicyclic) bond motifs is 1. The number of hydrogen-bond donors (Lipinski definition) is 0. The molecule has 0 unspecified atom stereocenters. The fourth-order valence-electron chi connectivity index (χ4n) is 3.47. The highest BCUT2D eigenvalue weighted by Crippen LogP contribution is 2.25. The molecule has 1 aromatic heterocycles. The van der Waals surface area contributed by atoms with Crippen LogP contribution in [0.3, 0.4) is 0 Å². The normalized spacial score (nSPS) is 15.4. The van der Waals surface area contributed by atoms with Crippen molar-refractivity contribution in [3.05, 3.63) is 70.9 Å². The predicted molar refractivity (Wildman–Crippen MR) is 104 cm³/mol. The Morgan fingerprint density at radius 3 is 2.65 bits per heavy atom. The van der Waals surface area contributed by atoms with Crippen molar-refractivity contribution >= 4 is 28.3 Å². The number of aromatic nitrogens is 1. The summed E-state index contributed by atoms with van der Waals surface area (Å²) < 4.78 is 7.60. The van der Waals surface area contributed by atoms with E-state index in [1.54, 1.807) is 12.1 Å². The number of carbonyl (C=O) groups is 1. The summed E-state index contributed by atoms with van der Waals surface area (Å²) in [4.78, 5) is 15.4. The number of para-hydroxylation sites is 1. The van der Waals surface area contributed by atoms with Gasteiger partial charge in [-0.2, -0.15) is 0 Å². The minimum atomic E-state index is 0.00817. The van der Waals surface area contributed by atoms with Crippen LogP contribution in [0.1, 0.15) is 15.9 Å². The van der Waals surface area contributed by atoms with E-state index in [2.05, 4.69) is 15.5 Å². The van der Waals surface area contributed by atoms with Crippen molar-refractivity contribution in [1.29, 1.82) is 0 Å². The molecule has 2 heterocycles. The van der Waals surface area contributed by atoms with Crippen LogP contribution in [0, 0.1) is 0 Å². The van der Waals surface area contributed by atoms with E-state index in [9.17, 15) is 4.79 Å². The Morgan fingerprint density at radius 1 is 1.04 bits per heavy atom. The summed E-state index contributed by atoms with van der Waals surface area (Å²) in [5.41, 5.74) is 2.43. The number of morpholine rings is 1. The van der Waals surface area contributed by atoms with Crippen LogP contribution in [-0.4, -0.2) is 48.1 Å². The molecule has 5 heteroatoms. The summed E-state index contributed by atoms with van der Waals surface area (Å²) in [6.45, 7) is 5.33. The molecule has 0 atom stereocenters. The standard InChI is InChI=1S/C21H21ClN2O2/c22-17-5-3-4-16(14-17)21(25)19-15-24(20-7-2-1-6-18(19)20)9-8-23-10-12-26-13-11-23/h1-7,14-15H,8-13H2. The molecule has 0 saturated carbocycles. The molecule has 26 heavy (non-hydrogen) atoms. The molecule has 1 fully saturated rings. The Hall–Kier alpha value is -2.14. The van der Waals surface area contributed by atoms with E-state index in [1.165, 1.54) is 0 Å². The minimum absolute atomic E-state index is 0.00817. The molecule has 2 aromatic carbocycles. The number of carbonyl (C=O) groups excluding carboxylic acids is 1. The molecular formula is C21H21ClN2O2. The Kier molecular flexibility index (Phi) is 5.07. The van der Waals surface area contributed by atoms with Crippen molar-refractivity contribution in [2.24, 2.45) is 0 Å². The third-order valence-corrected chi connectivity index (χ3v) is 5.12. The highest BCUT2D eigenvalue weighted by molar-refractivity contribution is 6.31. The predicted octanol–water partition coefficient (Wildman–Crippen LogP) is 3.86. The fourth-order valence-corrected chi connectivity index (χ4v) is 3.66. The van der Waals surface area contributed by atoms with Gasteiger partial charge < -0.3 is 9.30 Å². The van der Waals surface area contributed by atoms with E-state index in [0.717, 1.165) is 55.9 Å². The Bertz CT molecular complexity index is 929. The average molecular weight is 369 g/mol. The van der Waals surface area contributed by atoms with E-state index in [1.807, 2.05) is 36.5 Å². The molecule has 0 bridgehead atoms. The zero-order chi connectivity index (χ0) is 17.9. The van der Waals surface area contributed by atoms with E-state index in [-0.39, 0.29) is 5.78 Å². The van der Waals surface area contributed by atoms with E-state index in [4.69, 9.17) is 16.3 Å². The zero-order valence-electron chi connectivity index (χ0n) is 14.5. The number of rotatable bonds is 5. The summed E-state index contributed by atoms with van der Waals surface area (Å²) in [6, 6.07) is 15.2. The second-order valence-electron chi connectivity index (χ2n) is 6.55. The molecule has 4 nitrogen and oxygen atoms in total. The molecule has 0 radical (unpaired) electrons. The van der Waals surface area contributed by atoms with Gasteiger partial charge in [-0.25, -0.2) is 0 Å². The molecule has 0 spiro atoms. The molecule has 1 aliphatic rings. The third kappa shape index (κ3) is 3.54. The molecular weight excluding hydrogens is 348 g/mol. The number of ketones is 1. The van der Waals surface area contributed by atoms with Crippen molar-refractivity contribution in [1.82, 2.24) is 9.47 Å². The number of benzene rings is 2. The maximum Gasteiger partial charge on any atom is 0.195 e. The zero-order valence-corrected chi connectivity index (χ0v) is 15.3. The van der Waals surface area contributed by atoms with Crippen LogP contribution in [0.2, 0.25) is 5.02 Å². The monoisotopic (exact) mass is 368 g/mol. The summed E-state index contributed by atoms with van der Waals surface area (Å²) in [6.07, 6.45) is 1.98. The molecule has 0 aliphatic carbocycles. The minimum Gasteiger partial charge on any atom is -0.379 e. The van der Waals surface area contributed by atoms with Crippen LogP contribution < -0.4 is 0 Å². The van der Waals surface area contributed by atoms with Crippen LogP contribution in [0.15, 0.2) is 54.7 Å². The second kappa shape index (κ2) is 7.62. The van der Waals surface area contributed by atoms with Crippen LogP contribution in [-0.2, 0) is 11.3 Å². The second-order valence-corrected chi connectivity index (χ2v) is 6.98. The van der Waals surface area contributed by atoms with Gasteiger partial charge in [-0.15, -0.1) is 0 Å². The van der Waals surface area contributed by atoms with E-state index >= 15 is 0 Å². The van der Waals surface area contributed by atoms with Crippen molar-refractivity contribution in [2.75, 3.05) is 32.8 Å². The smallest absolute Gasteiger partial charge is 0.195 e.